The van der Waals surface area contributed by atoms with Gasteiger partial charge in [0.25, 0.3) is 0 Å². The highest BCUT2D eigenvalue weighted by atomic mass is 16.5. The predicted octanol–water partition coefficient (Wildman–Crippen LogP) is 2.91. The number of rotatable bonds is 1. The van der Waals surface area contributed by atoms with Crippen molar-refractivity contribution in [3.8, 4) is 0 Å². The third-order valence-electron chi connectivity index (χ3n) is 1.18. The lowest BCUT2D eigenvalue weighted by molar-refractivity contribution is -0.178. The highest BCUT2D eigenvalue weighted by Gasteiger charge is 2.21. The molecular weight excluding hydrogens is 138 g/mol. The maximum absolute atomic E-state index is 9.30. The molecule has 1 N–H and O–H groups in total. The molecule has 11 heavy (non-hydrogen) atoms. The summed E-state index contributed by atoms with van der Waals surface area (Å²) in [6.07, 6.45) is 0. The Kier molecular flexibility index (Phi) is 6.82. The monoisotopic (exact) mass is 161 g/mol. The fourth-order valence-electron chi connectivity index (χ4n) is 0.775. The van der Waals surface area contributed by atoms with Gasteiger partial charge >= 0.3 is 0 Å². The van der Waals surface area contributed by atoms with Crippen molar-refractivity contribution in [2.24, 2.45) is 0 Å². The largest absolute Gasteiger partial charge is 0.313 e. The van der Waals surface area contributed by atoms with E-state index in [9.17, 15) is 5.21 Å². The molecule has 0 heterocycles. The average Bonchev–Trinajstić information content (AvgIpc) is 1.89. The predicted molar refractivity (Wildman–Crippen MR) is 49.9 cm³/mol. The van der Waals surface area contributed by atoms with Gasteiger partial charge in [-0.1, -0.05) is 13.8 Å². The third kappa shape index (κ3) is 6.32. The van der Waals surface area contributed by atoms with Gasteiger partial charge in [-0.15, -0.1) is 0 Å². The van der Waals surface area contributed by atoms with Gasteiger partial charge in [-0.05, 0) is 34.6 Å². The van der Waals surface area contributed by atoms with Crippen molar-refractivity contribution >= 4 is 0 Å². The lowest BCUT2D eigenvalue weighted by atomic mass is 10.1. The van der Waals surface area contributed by atoms with Crippen LogP contribution in [0, 0.1) is 0 Å². The van der Waals surface area contributed by atoms with Crippen LogP contribution in [0.3, 0.4) is 0 Å². The number of hydrogen-bond donors (Lipinski definition) is 1. The molecule has 70 valence electrons. The van der Waals surface area contributed by atoms with Crippen molar-refractivity contribution in [2.45, 2.75) is 60.0 Å². The summed E-state index contributed by atoms with van der Waals surface area (Å²) in [4.78, 5) is 0. The summed E-state index contributed by atoms with van der Waals surface area (Å²) in [7, 11) is 0. The molecule has 0 aromatic rings. The molecule has 0 bridgehead atoms. The number of nitrogens with zero attached hydrogens (tertiary/aromatic N) is 1. The molecule has 2 nitrogen and oxygen atoms in total. The van der Waals surface area contributed by atoms with Crippen LogP contribution in [0.25, 0.3) is 0 Å². The van der Waals surface area contributed by atoms with E-state index in [1.807, 2.05) is 48.5 Å². The standard InChI is InChI=1S/C7H17NO.C2H6/c1-6(2)8(9)7(3,4)5;1-2/h6,9H,1-5H3;1-2H3. The first-order valence-corrected chi connectivity index (χ1v) is 4.34. The van der Waals surface area contributed by atoms with E-state index in [1.54, 1.807) is 0 Å². The van der Waals surface area contributed by atoms with E-state index >= 15 is 0 Å². The topological polar surface area (TPSA) is 23.5 Å². The van der Waals surface area contributed by atoms with Crippen LogP contribution in [0.15, 0.2) is 0 Å². The summed E-state index contributed by atoms with van der Waals surface area (Å²) in [5, 5.41) is 10.7. The molecule has 0 spiro atoms. The van der Waals surface area contributed by atoms with E-state index in [4.69, 9.17) is 0 Å². The summed E-state index contributed by atoms with van der Waals surface area (Å²) >= 11 is 0. The van der Waals surface area contributed by atoms with Gasteiger partial charge in [0.2, 0.25) is 0 Å². The molecule has 0 aromatic carbocycles. The van der Waals surface area contributed by atoms with E-state index in [0.717, 1.165) is 0 Å². The smallest absolute Gasteiger partial charge is 0.0379 e. The molecule has 2 heteroatoms. The summed E-state index contributed by atoms with van der Waals surface area (Å²) in [6, 6.07) is 0.199. The summed E-state index contributed by atoms with van der Waals surface area (Å²) < 4.78 is 0. The average molecular weight is 161 g/mol. The van der Waals surface area contributed by atoms with Gasteiger partial charge in [-0.25, -0.2) is 0 Å². The van der Waals surface area contributed by atoms with Gasteiger partial charge in [0.1, 0.15) is 0 Å². The van der Waals surface area contributed by atoms with Crippen molar-refractivity contribution in [3.05, 3.63) is 0 Å². The molecule has 0 unspecified atom stereocenters. The molecule has 0 rings (SSSR count). The maximum atomic E-state index is 9.30. The fourth-order valence-corrected chi connectivity index (χ4v) is 0.775. The Morgan fingerprint density at radius 2 is 1.36 bits per heavy atom. The van der Waals surface area contributed by atoms with E-state index in [-0.39, 0.29) is 11.6 Å². The maximum Gasteiger partial charge on any atom is 0.0379 e. The van der Waals surface area contributed by atoms with Gasteiger partial charge < -0.3 is 5.21 Å². The van der Waals surface area contributed by atoms with Crippen LogP contribution in [0.4, 0.5) is 0 Å². The molecule has 0 radical (unpaired) electrons. The zero-order valence-corrected chi connectivity index (χ0v) is 8.97. The van der Waals surface area contributed by atoms with Crippen LogP contribution in [0.2, 0.25) is 0 Å². The van der Waals surface area contributed by atoms with E-state index in [2.05, 4.69) is 0 Å². The van der Waals surface area contributed by atoms with Gasteiger partial charge in [0.05, 0.1) is 0 Å². The van der Waals surface area contributed by atoms with Crippen molar-refractivity contribution in [1.29, 1.82) is 0 Å². The second kappa shape index (κ2) is 5.56. The minimum Gasteiger partial charge on any atom is -0.313 e. The number of hydroxylamine groups is 2. The van der Waals surface area contributed by atoms with E-state index < -0.39 is 0 Å². The lowest BCUT2D eigenvalue weighted by Crippen LogP contribution is -2.43. The first-order chi connectivity index (χ1) is 4.85. The zero-order valence-electron chi connectivity index (χ0n) is 8.97. The summed E-state index contributed by atoms with van der Waals surface area (Å²) in [6.45, 7) is 13.9. The van der Waals surface area contributed by atoms with Crippen LogP contribution < -0.4 is 0 Å². The van der Waals surface area contributed by atoms with Crippen LogP contribution in [0.1, 0.15) is 48.5 Å². The van der Waals surface area contributed by atoms with Crippen LogP contribution >= 0.6 is 0 Å². The number of hydrogen-bond acceptors (Lipinski definition) is 2. The molecule has 0 aromatic heterocycles. The summed E-state index contributed by atoms with van der Waals surface area (Å²) in [5.74, 6) is 0. The third-order valence-corrected chi connectivity index (χ3v) is 1.18. The second-order valence-electron chi connectivity index (χ2n) is 3.61. The van der Waals surface area contributed by atoms with E-state index in [0.29, 0.717) is 0 Å². The normalized spacial score (nSPS) is 11.5. The Morgan fingerprint density at radius 3 is 1.36 bits per heavy atom. The Balaban J connectivity index is 0. The highest BCUT2D eigenvalue weighted by Crippen LogP contribution is 2.12. The van der Waals surface area contributed by atoms with Gasteiger partial charge in [0.15, 0.2) is 0 Å². The summed E-state index contributed by atoms with van der Waals surface area (Å²) in [5.41, 5.74) is -0.131. The Labute approximate surface area is 71.2 Å². The van der Waals surface area contributed by atoms with Gasteiger partial charge in [-0.2, -0.15) is 5.06 Å². The molecule has 0 aliphatic rings. The van der Waals surface area contributed by atoms with Crippen LogP contribution in [-0.4, -0.2) is 21.9 Å². The highest BCUT2D eigenvalue weighted by molar-refractivity contribution is 4.70. The minimum absolute atomic E-state index is 0.131. The SMILES string of the molecule is CC.CC(C)N(O)C(C)(C)C. The zero-order chi connectivity index (χ0) is 9.65. The van der Waals surface area contributed by atoms with Gasteiger partial charge in [0, 0.05) is 11.6 Å². The molecule has 0 saturated carbocycles. The Bertz CT molecular complexity index is 84.1. The minimum atomic E-state index is -0.131. The molecule has 0 saturated heterocycles. The van der Waals surface area contributed by atoms with Crippen molar-refractivity contribution in [1.82, 2.24) is 5.06 Å². The fraction of sp³-hybridized carbons (Fsp3) is 1.00. The molecule has 0 amide bonds. The molecule has 0 fully saturated rings. The van der Waals surface area contributed by atoms with Crippen LogP contribution in [-0.2, 0) is 0 Å². The van der Waals surface area contributed by atoms with Crippen molar-refractivity contribution in [3.63, 3.8) is 0 Å². The lowest BCUT2D eigenvalue weighted by Gasteiger charge is -2.32. The Hall–Kier alpha value is -0.0800. The van der Waals surface area contributed by atoms with Crippen molar-refractivity contribution < 1.29 is 5.21 Å². The molecule has 0 aliphatic carbocycles. The Morgan fingerprint density at radius 1 is 1.09 bits per heavy atom. The quantitative estimate of drug-likeness (QED) is 0.598. The van der Waals surface area contributed by atoms with E-state index in [1.165, 1.54) is 5.06 Å². The first kappa shape index (κ1) is 13.5. The molecule has 0 aliphatic heterocycles. The molecule has 0 atom stereocenters. The molecular formula is C9H23NO. The van der Waals surface area contributed by atoms with Crippen molar-refractivity contribution in [2.75, 3.05) is 0 Å². The first-order valence-electron chi connectivity index (χ1n) is 4.34. The van der Waals surface area contributed by atoms with Crippen LogP contribution in [0.5, 0.6) is 0 Å². The van der Waals surface area contributed by atoms with Gasteiger partial charge in [-0.3, -0.25) is 0 Å². The second-order valence-corrected chi connectivity index (χ2v) is 3.61.